The maximum absolute atomic E-state index is 12.9. The van der Waals surface area contributed by atoms with Crippen molar-refractivity contribution in [1.82, 2.24) is 5.32 Å². The highest BCUT2D eigenvalue weighted by molar-refractivity contribution is 6.04. The van der Waals surface area contributed by atoms with Gasteiger partial charge in [-0.2, -0.15) is 13.2 Å². The van der Waals surface area contributed by atoms with Gasteiger partial charge in [-0.15, -0.1) is 0 Å². The van der Waals surface area contributed by atoms with E-state index >= 15 is 0 Å². The molecule has 3 atom stereocenters. The van der Waals surface area contributed by atoms with Gasteiger partial charge in [-0.05, 0) is 100 Å². The molecular formula is C30H24F3NO2. The fourth-order valence-electron chi connectivity index (χ4n) is 5.92. The highest BCUT2D eigenvalue weighted by atomic mass is 19.4. The third-order valence-corrected chi connectivity index (χ3v) is 7.76. The van der Waals surface area contributed by atoms with Crippen LogP contribution in [0, 0.1) is 5.92 Å². The van der Waals surface area contributed by atoms with Crippen LogP contribution in [0.15, 0.2) is 78.9 Å². The number of carbonyl (C=O) groups is 1. The molecule has 1 heterocycles. The van der Waals surface area contributed by atoms with Crippen molar-refractivity contribution in [3.05, 3.63) is 95.6 Å². The first-order valence-electron chi connectivity index (χ1n) is 12.1. The van der Waals surface area contributed by atoms with Crippen molar-refractivity contribution < 1.29 is 23.1 Å². The lowest BCUT2D eigenvalue weighted by Crippen LogP contribution is -2.28. The Hall–Kier alpha value is -3.64. The highest BCUT2D eigenvalue weighted by Gasteiger charge is 2.39. The smallest absolute Gasteiger partial charge is 0.416 e. The molecule has 4 aromatic carbocycles. The molecule has 2 N–H and O–H groups in total. The quantitative estimate of drug-likeness (QED) is 0.316. The van der Waals surface area contributed by atoms with Crippen LogP contribution in [0.25, 0.3) is 33.0 Å². The van der Waals surface area contributed by atoms with Gasteiger partial charge in [0.15, 0.2) is 0 Å². The molecule has 4 aromatic rings. The Morgan fingerprint density at radius 3 is 2.14 bits per heavy atom. The molecule has 0 radical (unpaired) electrons. The normalized spacial score (nSPS) is 21.2. The molecule has 1 saturated heterocycles. The van der Waals surface area contributed by atoms with E-state index in [2.05, 4.69) is 29.6 Å². The molecule has 6 rings (SSSR count). The molecule has 2 fully saturated rings. The summed E-state index contributed by atoms with van der Waals surface area (Å²) in [7, 11) is 0. The van der Waals surface area contributed by atoms with Gasteiger partial charge in [0, 0.05) is 6.04 Å². The van der Waals surface area contributed by atoms with Crippen LogP contribution in [-0.2, 0) is 6.18 Å². The van der Waals surface area contributed by atoms with E-state index in [0.29, 0.717) is 23.4 Å². The predicted octanol–water partition coefficient (Wildman–Crippen LogP) is 7.36. The van der Waals surface area contributed by atoms with E-state index in [-0.39, 0.29) is 5.56 Å². The number of nitrogens with one attached hydrogen (secondary N) is 1. The van der Waals surface area contributed by atoms with E-state index in [1.165, 1.54) is 24.1 Å². The number of hydrogen-bond acceptors (Lipinski definition) is 2. The molecule has 1 aliphatic heterocycles. The number of hydrogen-bond donors (Lipinski definition) is 2. The molecule has 0 spiro atoms. The van der Waals surface area contributed by atoms with E-state index < -0.39 is 17.7 Å². The van der Waals surface area contributed by atoms with Crippen LogP contribution in [0.5, 0.6) is 0 Å². The Bertz CT molecular complexity index is 1460. The predicted molar refractivity (Wildman–Crippen MR) is 134 cm³/mol. The van der Waals surface area contributed by atoms with Crippen LogP contribution >= 0.6 is 0 Å². The fourth-order valence-corrected chi connectivity index (χ4v) is 5.92. The molecule has 2 bridgehead atoms. The third-order valence-electron chi connectivity index (χ3n) is 7.76. The Labute approximate surface area is 206 Å². The minimum atomic E-state index is -4.39. The van der Waals surface area contributed by atoms with Crippen molar-refractivity contribution in [2.24, 2.45) is 5.92 Å². The van der Waals surface area contributed by atoms with Gasteiger partial charge in [0.25, 0.3) is 0 Å². The summed E-state index contributed by atoms with van der Waals surface area (Å²) in [6, 6.07) is 23.0. The van der Waals surface area contributed by atoms with Gasteiger partial charge in [0.1, 0.15) is 0 Å². The topological polar surface area (TPSA) is 49.3 Å². The van der Waals surface area contributed by atoms with E-state index in [1.54, 1.807) is 12.1 Å². The largest absolute Gasteiger partial charge is 0.478 e. The van der Waals surface area contributed by atoms with Gasteiger partial charge in [-0.3, -0.25) is 0 Å². The fraction of sp³-hybridized carbons (Fsp3) is 0.233. The average Bonchev–Trinajstić information content (AvgIpc) is 3.51. The monoisotopic (exact) mass is 487 g/mol. The average molecular weight is 488 g/mol. The van der Waals surface area contributed by atoms with Gasteiger partial charge in [0.2, 0.25) is 0 Å². The van der Waals surface area contributed by atoms with E-state index in [4.69, 9.17) is 0 Å². The highest BCUT2D eigenvalue weighted by Crippen LogP contribution is 2.44. The van der Waals surface area contributed by atoms with Crippen LogP contribution < -0.4 is 5.32 Å². The van der Waals surface area contributed by atoms with Crippen LogP contribution in [-0.4, -0.2) is 23.7 Å². The molecular weight excluding hydrogens is 463 g/mol. The van der Waals surface area contributed by atoms with Crippen molar-refractivity contribution in [3.63, 3.8) is 0 Å². The number of alkyl halides is 3. The third kappa shape index (κ3) is 4.05. The molecule has 1 aliphatic carbocycles. The number of carboxylic acid groups (broad SMARTS) is 1. The molecule has 0 unspecified atom stereocenters. The lowest BCUT2D eigenvalue weighted by Gasteiger charge is -2.23. The first-order chi connectivity index (χ1) is 17.3. The van der Waals surface area contributed by atoms with Gasteiger partial charge in [-0.1, -0.05) is 48.5 Å². The summed E-state index contributed by atoms with van der Waals surface area (Å²) in [5.41, 5.74) is 3.93. The second-order valence-corrected chi connectivity index (χ2v) is 9.91. The molecule has 1 saturated carbocycles. The van der Waals surface area contributed by atoms with Crippen molar-refractivity contribution in [3.8, 4) is 22.3 Å². The maximum Gasteiger partial charge on any atom is 0.416 e. The summed E-state index contributed by atoms with van der Waals surface area (Å²) in [5.74, 6) is 0.225. The second-order valence-electron chi connectivity index (χ2n) is 9.91. The Kier molecular flexibility index (Phi) is 5.38. The van der Waals surface area contributed by atoms with Crippen LogP contribution in [0.1, 0.15) is 40.2 Å². The molecule has 6 heteroatoms. The maximum atomic E-state index is 12.9. The first kappa shape index (κ1) is 22.8. The van der Waals surface area contributed by atoms with Gasteiger partial charge in [-0.25, -0.2) is 4.79 Å². The zero-order chi connectivity index (χ0) is 25.0. The van der Waals surface area contributed by atoms with E-state index in [9.17, 15) is 23.1 Å². The van der Waals surface area contributed by atoms with Crippen molar-refractivity contribution in [2.45, 2.75) is 31.0 Å². The summed E-state index contributed by atoms with van der Waals surface area (Å²) in [5, 5.41) is 14.9. The van der Waals surface area contributed by atoms with Crippen molar-refractivity contribution in [1.29, 1.82) is 0 Å². The van der Waals surface area contributed by atoms with Crippen LogP contribution in [0.2, 0.25) is 0 Å². The summed E-state index contributed by atoms with van der Waals surface area (Å²) in [6.45, 7) is 1.07. The van der Waals surface area contributed by atoms with E-state index in [1.807, 2.05) is 18.2 Å². The second kappa shape index (κ2) is 8.49. The number of halogens is 3. The summed E-state index contributed by atoms with van der Waals surface area (Å²) in [6.07, 6.45) is -2.00. The number of benzene rings is 4. The number of rotatable bonds is 4. The summed E-state index contributed by atoms with van der Waals surface area (Å²) in [4.78, 5) is 11.9. The lowest BCUT2D eigenvalue weighted by molar-refractivity contribution is -0.137. The van der Waals surface area contributed by atoms with Crippen LogP contribution in [0.3, 0.4) is 0 Å². The number of carboxylic acids is 1. The van der Waals surface area contributed by atoms with Gasteiger partial charge >= 0.3 is 12.1 Å². The minimum absolute atomic E-state index is 0.172. The van der Waals surface area contributed by atoms with Crippen molar-refractivity contribution >= 4 is 16.7 Å². The number of aromatic carboxylic acids is 1. The van der Waals surface area contributed by atoms with Gasteiger partial charge in [0.05, 0.1) is 11.1 Å². The number of piperidine rings is 1. The molecule has 3 nitrogen and oxygen atoms in total. The van der Waals surface area contributed by atoms with Crippen molar-refractivity contribution in [2.75, 3.05) is 6.54 Å². The standard InChI is InChI=1S/C30H24F3NO2/c31-30(32,33)24-8-5-17(6-9-24)20-7-10-26-21(11-20)12-22(29(35)36)14-28(26)19-3-1-18(2-4-19)27-15-25-13-23(27)16-34-25/h1-12,14,23,25,27,34H,13,15-16H2,(H,35,36)/t23-,25-,27-/m1/s1. The minimum Gasteiger partial charge on any atom is -0.478 e. The molecule has 182 valence electrons. The Balaban J connectivity index is 1.38. The molecule has 0 amide bonds. The first-order valence-corrected chi connectivity index (χ1v) is 12.1. The molecule has 36 heavy (non-hydrogen) atoms. The number of fused-ring (bicyclic) bond motifs is 3. The molecule has 2 aliphatic rings. The van der Waals surface area contributed by atoms with E-state index in [0.717, 1.165) is 52.6 Å². The molecule has 0 aromatic heterocycles. The Morgan fingerprint density at radius 1 is 0.833 bits per heavy atom. The Morgan fingerprint density at radius 2 is 1.53 bits per heavy atom. The summed E-state index contributed by atoms with van der Waals surface area (Å²) >= 11 is 0. The summed E-state index contributed by atoms with van der Waals surface area (Å²) < 4.78 is 38.8. The van der Waals surface area contributed by atoms with Gasteiger partial charge < -0.3 is 10.4 Å². The zero-order valence-electron chi connectivity index (χ0n) is 19.3. The zero-order valence-corrected chi connectivity index (χ0v) is 19.3. The van der Waals surface area contributed by atoms with Crippen LogP contribution in [0.4, 0.5) is 13.2 Å². The lowest BCUT2D eigenvalue weighted by atomic mass is 9.86. The SMILES string of the molecule is O=C(O)c1cc(-c2ccc([C@H]3C[C@H]4C[C@@H]3CN4)cc2)c2ccc(-c3ccc(C(F)(F)F)cc3)cc2c1.